The number of aryl methyl sites for hydroxylation is 1. The van der Waals surface area contributed by atoms with E-state index in [2.05, 4.69) is 31.0 Å². The zero-order valence-electron chi connectivity index (χ0n) is 40.5. The van der Waals surface area contributed by atoms with Crippen LogP contribution in [0.4, 0.5) is 17.6 Å². The van der Waals surface area contributed by atoms with Gasteiger partial charge >= 0.3 is 6.18 Å². The average molecular weight is 1140 g/mol. The lowest BCUT2D eigenvalue weighted by atomic mass is 10.1. The summed E-state index contributed by atoms with van der Waals surface area (Å²) in [5.74, 6) is 2.18. The number of hydrogen-bond acceptors (Lipinski definition) is 9. The van der Waals surface area contributed by atoms with Crippen LogP contribution >= 0.6 is 63.1 Å². The molecule has 0 saturated carbocycles. The van der Waals surface area contributed by atoms with Crippen molar-refractivity contribution in [2.75, 3.05) is 77.5 Å². The highest BCUT2D eigenvalue weighted by atomic mass is 79.9. The Hall–Kier alpha value is -3.54. The van der Waals surface area contributed by atoms with E-state index in [0.29, 0.717) is 53.7 Å². The number of hydrogen-bond donors (Lipinski definition) is 3. The van der Waals surface area contributed by atoms with Gasteiger partial charge in [0.05, 0.1) is 38.4 Å². The molecule has 0 aromatic heterocycles. The van der Waals surface area contributed by atoms with Gasteiger partial charge in [0.25, 0.3) is 0 Å². The Balaban J connectivity index is 0.000000258. The van der Waals surface area contributed by atoms with E-state index in [1.165, 1.54) is 18.2 Å². The average Bonchev–Trinajstić information content (AvgIpc) is 4.01. The maximum atomic E-state index is 12.9. The van der Waals surface area contributed by atoms with Crippen LogP contribution in [0.2, 0.25) is 15.1 Å². The molecule has 0 amide bonds. The van der Waals surface area contributed by atoms with Gasteiger partial charge in [0.2, 0.25) is 0 Å². The van der Waals surface area contributed by atoms with Crippen LogP contribution in [0, 0.1) is 12.7 Å². The van der Waals surface area contributed by atoms with Crippen LogP contribution in [0.5, 0.6) is 23.0 Å². The Morgan fingerprint density at radius 2 is 1.15 bits per heavy atom. The van der Waals surface area contributed by atoms with Crippen molar-refractivity contribution in [3.05, 3.63) is 153 Å². The fourth-order valence-corrected chi connectivity index (χ4v) is 8.10. The van der Waals surface area contributed by atoms with Crippen LogP contribution in [-0.4, -0.2) is 114 Å². The van der Waals surface area contributed by atoms with Crippen LogP contribution < -0.4 is 24.3 Å². The summed E-state index contributed by atoms with van der Waals surface area (Å²) < 4.78 is 73.3. The van der Waals surface area contributed by atoms with E-state index in [4.69, 9.17) is 58.9 Å². The van der Waals surface area contributed by atoms with Crippen molar-refractivity contribution in [3.8, 4) is 23.0 Å². The van der Waals surface area contributed by atoms with E-state index in [9.17, 15) is 22.7 Å². The molecule has 5 aromatic carbocycles. The smallest absolute Gasteiger partial charge is 0.416 e. The van der Waals surface area contributed by atoms with E-state index in [1.807, 2.05) is 100 Å². The molecule has 3 fully saturated rings. The highest BCUT2D eigenvalue weighted by Crippen LogP contribution is 2.34. The normalized spacial score (nSPS) is 20.5. The number of ether oxygens (including phenoxy) is 4. The van der Waals surface area contributed by atoms with Crippen molar-refractivity contribution in [1.29, 1.82) is 0 Å². The van der Waals surface area contributed by atoms with Gasteiger partial charge in [-0.1, -0.05) is 105 Å². The zero-order valence-corrected chi connectivity index (χ0v) is 45.2. The van der Waals surface area contributed by atoms with Crippen LogP contribution in [0.1, 0.15) is 51.2 Å². The summed E-state index contributed by atoms with van der Waals surface area (Å²) in [7, 11) is 0. The second-order valence-electron chi connectivity index (χ2n) is 17.9. The summed E-state index contributed by atoms with van der Waals surface area (Å²) in [6.07, 6.45) is -1.92. The summed E-state index contributed by atoms with van der Waals surface area (Å²) in [5, 5.41) is 24.7. The molecule has 3 N–H and O–H groups in total. The number of para-hydroxylation sites is 3. The number of aliphatic hydroxyl groups is 2. The van der Waals surface area contributed by atoms with Crippen molar-refractivity contribution in [2.24, 2.45) is 0 Å². The maximum absolute atomic E-state index is 12.9. The third-order valence-corrected chi connectivity index (χ3v) is 12.3. The largest absolute Gasteiger partial charge is 0.491 e. The van der Waals surface area contributed by atoms with Crippen molar-refractivity contribution in [3.63, 3.8) is 0 Å². The fraction of sp³-hybridized carbons (Fsp3) is 0.434. The molecule has 3 saturated heterocycles. The quantitative estimate of drug-likeness (QED) is 0.0787. The molecule has 3 unspecified atom stereocenters. The summed E-state index contributed by atoms with van der Waals surface area (Å²) in [6, 6.07) is 33.7. The van der Waals surface area contributed by atoms with E-state index in [1.54, 1.807) is 18.2 Å². The molecule has 3 aliphatic heterocycles. The minimum atomic E-state index is -4.38. The summed E-state index contributed by atoms with van der Waals surface area (Å²) in [6.45, 7) is 15.5. The highest BCUT2D eigenvalue weighted by Gasteiger charge is 2.37. The first kappa shape index (κ1) is 61.8. The van der Waals surface area contributed by atoms with Gasteiger partial charge in [0.15, 0.2) is 0 Å². The van der Waals surface area contributed by atoms with E-state index >= 15 is 0 Å². The van der Waals surface area contributed by atoms with Crippen molar-refractivity contribution in [1.82, 2.24) is 15.1 Å². The lowest BCUT2D eigenvalue weighted by molar-refractivity contribution is -0.137. The lowest BCUT2D eigenvalue weighted by Gasteiger charge is -2.27. The predicted octanol–water partition coefficient (Wildman–Crippen LogP) is 12.9. The Bertz CT molecular complexity index is 2290. The van der Waals surface area contributed by atoms with Gasteiger partial charge in [-0.2, -0.15) is 13.2 Å². The van der Waals surface area contributed by atoms with Gasteiger partial charge in [-0.15, -0.1) is 12.4 Å². The first-order valence-corrected chi connectivity index (χ1v) is 25.3. The highest BCUT2D eigenvalue weighted by molar-refractivity contribution is 9.09. The van der Waals surface area contributed by atoms with Gasteiger partial charge in [-0.3, -0.25) is 9.80 Å². The van der Waals surface area contributed by atoms with Crippen LogP contribution in [0.15, 0.2) is 121 Å². The van der Waals surface area contributed by atoms with Gasteiger partial charge in [0, 0.05) is 57.6 Å². The number of β-amino-alcohol motifs (C(OH)–C–C–N with tert-alkyl or cyclic N) is 2. The molecular formula is C53H66BrCl4F4N3O6. The predicted molar refractivity (Wildman–Crippen MR) is 284 cm³/mol. The van der Waals surface area contributed by atoms with E-state index in [0.717, 1.165) is 93.1 Å². The number of halogens is 9. The minimum absolute atomic E-state index is 0. The van der Waals surface area contributed by atoms with Crippen LogP contribution in [-0.2, 0) is 6.18 Å². The Morgan fingerprint density at radius 1 is 0.648 bits per heavy atom. The monoisotopic (exact) mass is 1140 g/mol. The number of nitrogens with zero attached hydrogens (tertiary/aromatic N) is 2. The van der Waals surface area contributed by atoms with Gasteiger partial charge in [-0.25, -0.2) is 4.39 Å². The molecule has 3 heterocycles. The second-order valence-corrected chi connectivity index (χ2v) is 19.9. The molecule has 9 nitrogen and oxygen atoms in total. The lowest BCUT2D eigenvalue weighted by Crippen LogP contribution is -2.37. The SMILES string of the molecule is CC1(O)CCN(CCOc2ccccc2Cl)C1.CC1(O)CCNC1.CC1(Oc2cccc(C(F)(F)F)c2)CCN(CCOc2ccccc2Cl)C1.Cc1cccc(F)c1.Cl.Clc1ccccc1OCCBr. The zero-order chi connectivity index (χ0) is 51.2. The number of nitrogens with one attached hydrogen (secondary N) is 1. The summed E-state index contributed by atoms with van der Waals surface area (Å²) in [5.41, 5.74) is -1.23. The van der Waals surface area contributed by atoms with E-state index < -0.39 is 28.5 Å². The van der Waals surface area contributed by atoms with Crippen LogP contribution in [0.25, 0.3) is 0 Å². The maximum Gasteiger partial charge on any atom is 0.416 e. The number of likely N-dealkylation sites (tertiary alicyclic amines) is 2. The molecule has 5 aromatic rings. The van der Waals surface area contributed by atoms with Crippen molar-refractivity contribution >= 4 is 63.1 Å². The summed E-state index contributed by atoms with van der Waals surface area (Å²) in [4.78, 5) is 4.38. The molecule has 0 radical (unpaired) electrons. The molecular weight excluding hydrogens is 1070 g/mol. The van der Waals surface area contributed by atoms with Gasteiger partial charge in [0.1, 0.15) is 47.6 Å². The third kappa shape index (κ3) is 23.9. The van der Waals surface area contributed by atoms with Gasteiger partial charge < -0.3 is 34.5 Å². The standard InChI is InChI=1S/C20H21ClF3NO2.C13H18ClNO2.C8H8BrClO.C7H7F.C5H11NO.ClH/c1-19(27-16-6-4-5-15(13-16)20(22,23)24)9-10-25(14-19)11-12-26-18-8-3-2-7-17(18)21;1-13(16)6-7-15(10-13)8-9-17-12-5-3-2-4-11(12)14;9-5-6-11-8-4-2-1-3-7(8)10;1-6-3-2-4-7(8)5-6;1-5(7)2-3-6-4-5;/h2-8,13H,9-12,14H2,1H3;2-5,16H,6-10H2,1H3;1-4H,5-6H2;2-5H,1H3;6-7H,2-4H2,1H3;1H. The number of alkyl halides is 4. The molecule has 392 valence electrons. The fourth-order valence-electron chi connectivity index (χ4n) is 7.36. The van der Waals surface area contributed by atoms with Crippen molar-refractivity contribution < 1.29 is 46.7 Å². The van der Waals surface area contributed by atoms with Crippen LogP contribution in [0.3, 0.4) is 0 Å². The Kier molecular flexibility index (Phi) is 26.6. The molecule has 8 rings (SSSR count). The number of benzene rings is 5. The minimum Gasteiger partial charge on any atom is -0.491 e. The van der Waals surface area contributed by atoms with Crippen molar-refractivity contribution in [2.45, 2.75) is 69.9 Å². The first-order valence-electron chi connectivity index (χ1n) is 23.0. The summed E-state index contributed by atoms with van der Waals surface area (Å²) >= 11 is 21.1. The molecule has 3 atom stereocenters. The third-order valence-electron chi connectivity index (χ3n) is 11.1. The Morgan fingerprint density at radius 3 is 1.56 bits per heavy atom. The second kappa shape index (κ2) is 30.6. The molecule has 0 bridgehead atoms. The number of rotatable bonds is 13. The Labute approximate surface area is 446 Å². The molecule has 3 aliphatic rings. The molecule has 18 heteroatoms. The molecule has 0 aliphatic carbocycles. The van der Waals surface area contributed by atoms with Gasteiger partial charge in [-0.05, 0) is 119 Å². The van der Waals surface area contributed by atoms with E-state index in [-0.39, 0.29) is 24.0 Å². The molecule has 0 spiro atoms. The molecule has 71 heavy (non-hydrogen) atoms. The topological polar surface area (TPSA) is 95.9 Å². The first-order chi connectivity index (χ1) is 33.2.